The molecular weight excluding hydrogens is 306 g/mol. The average molecular weight is 322 g/mol. The molecule has 0 atom stereocenters. The van der Waals surface area contributed by atoms with Gasteiger partial charge in [0.25, 0.3) is 0 Å². The first-order valence-corrected chi connectivity index (χ1v) is 7.74. The van der Waals surface area contributed by atoms with E-state index < -0.39 is 0 Å². The first kappa shape index (κ1) is 15.3. The van der Waals surface area contributed by atoms with Crippen molar-refractivity contribution in [1.29, 1.82) is 0 Å². The summed E-state index contributed by atoms with van der Waals surface area (Å²) in [5, 5.41) is 0.674. The molecule has 3 rings (SSSR count). The molecule has 0 saturated carbocycles. The quantitative estimate of drug-likeness (QED) is 0.557. The predicted octanol–water partition coefficient (Wildman–Crippen LogP) is 4.74. The molecule has 0 aliphatic heterocycles. The highest BCUT2D eigenvalue weighted by atomic mass is 35.5. The fourth-order valence-corrected chi connectivity index (χ4v) is 2.82. The number of benzene rings is 3. The maximum Gasteiger partial charge on any atom is 0.193 e. The Balaban J connectivity index is 2.02. The van der Waals surface area contributed by atoms with Crippen LogP contribution in [0.1, 0.15) is 27.0 Å². The van der Waals surface area contributed by atoms with Gasteiger partial charge < -0.3 is 5.73 Å². The smallest absolute Gasteiger partial charge is 0.193 e. The molecule has 0 aliphatic rings. The van der Waals surface area contributed by atoms with E-state index in [2.05, 4.69) is 0 Å². The van der Waals surface area contributed by atoms with Crippen molar-refractivity contribution in [3.05, 3.63) is 100 Å². The summed E-state index contributed by atoms with van der Waals surface area (Å²) < 4.78 is 0. The van der Waals surface area contributed by atoms with Crippen LogP contribution in [0.3, 0.4) is 0 Å². The molecule has 2 nitrogen and oxygen atoms in total. The lowest BCUT2D eigenvalue weighted by Gasteiger charge is -2.12. The molecule has 0 radical (unpaired) electrons. The Hall–Kier alpha value is -2.58. The van der Waals surface area contributed by atoms with Crippen molar-refractivity contribution in [2.75, 3.05) is 5.73 Å². The monoisotopic (exact) mass is 321 g/mol. The zero-order chi connectivity index (χ0) is 16.2. The van der Waals surface area contributed by atoms with E-state index in [1.54, 1.807) is 0 Å². The van der Waals surface area contributed by atoms with Gasteiger partial charge in [-0.1, -0.05) is 66.2 Å². The number of nitrogens with two attached hydrogens (primary N) is 1. The standard InChI is InChI=1S/C20H16ClNO/c21-16-9-4-6-14(12-16)13-18-17(10-5-11-19(18)22)20(23)15-7-2-1-3-8-15/h1-12H,13,22H2. The third-order valence-corrected chi connectivity index (χ3v) is 4.00. The van der Waals surface area contributed by atoms with E-state index >= 15 is 0 Å². The molecule has 0 bridgehead atoms. The summed E-state index contributed by atoms with van der Waals surface area (Å²) in [6.45, 7) is 0. The Bertz CT molecular complexity index is 843. The van der Waals surface area contributed by atoms with Crippen LogP contribution in [0.5, 0.6) is 0 Å². The summed E-state index contributed by atoms with van der Waals surface area (Å²) in [6.07, 6.45) is 0.571. The van der Waals surface area contributed by atoms with Crippen molar-refractivity contribution >= 4 is 23.1 Å². The molecule has 3 aromatic rings. The van der Waals surface area contributed by atoms with Gasteiger partial charge in [0.15, 0.2) is 5.78 Å². The Morgan fingerprint density at radius 1 is 0.913 bits per heavy atom. The van der Waals surface area contributed by atoms with Crippen LogP contribution in [0.4, 0.5) is 5.69 Å². The predicted molar refractivity (Wildman–Crippen MR) is 95.0 cm³/mol. The maximum atomic E-state index is 12.8. The lowest BCUT2D eigenvalue weighted by Crippen LogP contribution is -2.08. The molecule has 2 N–H and O–H groups in total. The third-order valence-electron chi connectivity index (χ3n) is 3.76. The number of hydrogen-bond acceptors (Lipinski definition) is 2. The summed E-state index contributed by atoms with van der Waals surface area (Å²) in [6, 6.07) is 22.3. The van der Waals surface area contributed by atoms with E-state index in [0.29, 0.717) is 28.3 Å². The van der Waals surface area contributed by atoms with Crippen LogP contribution in [0.15, 0.2) is 72.8 Å². The highest BCUT2D eigenvalue weighted by Crippen LogP contribution is 2.24. The van der Waals surface area contributed by atoms with Crippen molar-refractivity contribution in [1.82, 2.24) is 0 Å². The number of carbonyl (C=O) groups excluding carboxylic acids is 1. The van der Waals surface area contributed by atoms with Gasteiger partial charge in [0.2, 0.25) is 0 Å². The number of anilines is 1. The Morgan fingerprint density at radius 2 is 1.65 bits per heavy atom. The molecular formula is C20H16ClNO. The molecule has 0 amide bonds. The Morgan fingerprint density at radius 3 is 2.39 bits per heavy atom. The minimum absolute atomic E-state index is 0.0186. The molecule has 23 heavy (non-hydrogen) atoms. The van der Waals surface area contributed by atoms with Crippen molar-refractivity contribution in [2.24, 2.45) is 0 Å². The van der Waals surface area contributed by atoms with Gasteiger partial charge in [-0.25, -0.2) is 0 Å². The number of rotatable bonds is 4. The van der Waals surface area contributed by atoms with E-state index in [1.165, 1.54) is 0 Å². The van der Waals surface area contributed by atoms with E-state index in [-0.39, 0.29) is 5.78 Å². The van der Waals surface area contributed by atoms with E-state index in [1.807, 2.05) is 72.8 Å². The molecule has 0 spiro atoms. The number of carbonyl (C=O) groups is 1. The second kappa shape index (κ2) is 6.67. The molecule has 0 aliphatic carbocycles. The van der Waals surface area contributed by atoms with Gasteiger partial charge in [0.1, 0.15) is 0 Å². The average Bonchev–Trinajstić information content (AvgIpc) is 2.57. The van der Waals surface area contributed by atoms with Crippen LogP contribution in [0.2, 0.25) is 5.02 Å². The minimum Gasteiger partial charge on any atom is -0.398 e. The molecule has 3 heteroatoms. The Labute approximate surface area is 140 Å². The van der Waals surface area contributed by atoms with Crippen LogP contribution in [-0.4, -0.2) is 5.78 Å². The van der Waals surface area contributed by atoms with E-state index in [4.69, 9.17) is 17.3 Å². The van der Waals surface area contributed by atoms with Crippen molar-refractivity contribution in [3.8, 4) is 0 Å². The second-order valence-electron chi connectivity index (χ2n) is 5.38. The summed E-state index contributed by atoms with van der Waals surface area (Å²) in [5.74, 6) is -0.0186. The fourth-order valence-electron chi connectivity index (χ4n) is 2.61. The molecule has 114 valence electrons. The lowest BCUT2D eigenvalue weighted by atomic mass is 9.93. The molecule has 0 saturated heterocycles. The van der Waals surface area contributed by atoms with Gasteiger partial charge in [-0.05, 0) is 29.3 Å². The number of nitrogen functional groups attached to an aromatic ring is 1. The highest BCUT2D eigenvalue weighted by Gasteiger charge is 2.15. The number of hydrogen-bond donors (Lipinski definition) is 1. The van der Waals surface area contributed by atoms with Gasteiger partial charge in [0, 0.05) is 28.3 Å². The summed E-state index contributed by atoms with van der Waals surface area (Å²) >= 11 is 6.05. The van der Waals surface area contributed by atoms with Gasteiger partial charge in [-0.3, -0.25) is 4.79 Å². The van der Waals surface area contributed by atoms with Gasteiger partial charge in [-0.15, -0.1) is 0 Å². The van der Waals surface area contributed by atoms with Crippen LogP contribution in [-0.2, 0) is 6.42 Å². The zero-order valence-electron chi connectivity index (χ0n) is 12.5. The third kappa shape index (κ3) is 3.43. The zero-order valence-corrected chi connectivity index (χ0v) is 13.3. The van der Waals surface area contributed by atoms with Gasteiger partial charge in [0.05, 0.1) is 0 Å². The van der Waals surface area contributed by atoms with Crippen molar-refractivity contribution in [2.45, 2.75) is 6.42 Å². The first-order chi connectivity index (χ1) is 11.1. The number of halogens is 1. The van der Waals surface area contributed by atoms with Crippen LogP contribution in [0, 0.1) is 0 Å². The summed E-state index contributed by atoms with van der Waals surface area (Å²) in [5.41, 5.74) is 9.91. The molecule has 0 heterocycles. The number of ketones is 1. The molecule has 0 aromatic heterocycles. The van der Waals surface area contributed by atoms with Gasteiger partial charge >= 0.3 is 0 Å². The SMILES string of the molecule is Nc1cccc(C(=O)c2ccccc2)c1Cc1cccc(Cl)c1. The lowest BCUT2D eigenvalue weighted by molar-refractivity contribution is 0.103. The normalized spacial score (nSPS) is 10.5. The van der Waals surface area contributed by atoms with Gasteiger partial charge in [-0.2, -0.15) is 0 Å². The second-order valence-corrected chi connectivity index (χ2v) is 5.81. The maximum absolute atomic E-state index is 12.8. The van der Waals surface area contributed by atoms with Crippen molar-refractivity contribution in [3.63, 3.8) is 0 Å². The molecule has 3 aromatic carbocycles. The van der Waals surface area contributed by atoms with Crippen LogP contribution < -0.4 is 5.73 Å². The van der Waals surface area contributed by atoms with Crippen molar-refractivity contribution < 1.29 is 4.79 Å². The fraction of sp³-hybridized carbons (Fsp3) is 0.0500. The van der Waals surface area contributed by atoms with E-state index in [9.17, 15) is 4.79 Å². The molecule has 0 fully saturated rings. The molecule has 0 unspecified atom stereocenters. The largest absolute Gasteiger partial charge is 0.398 e. The Kier molecular flexibility index (Phi) is 4.45. The first-order valence-electron chi connectivity index (χ1n) is 7.36. The highest BCUT2D eigenvalue weighted by molar-refractivity contribution is 6.30. The topological polar surface area (TPSA) is 43.1 Å². The minimum atomic E-state index is -0.0186. The summed E-state index contributed by atoms with van der Waals surface area (Å²) in [4.78, 5) is 12.8. The van der Waals surface area contributed by atoms with E-state index in [0.717, 1.165) is 11.1 Å². The van der Waals surface area contributed by atoms with Crippen LogP contribution in [0.25, 0.3) is 0 Å². The summed E-state index contributed by atoms with van der Waals surface area (Å²) in [7, 11) is 0. The van der Waals surface area contributed by atoms with Crippen LogP contribution >= 0.6 is 11.6 Å².